The van der Waals surface area contributed by atoms with Crippen LogP contribution in [-0.2, 0) is 6.42 Å². The van der Waals surface area contributed by atoms with E-state index in [0.717, 1.165) is 30.2 Å². The van der Waals surface area contributed by atoms with Crippen molar-refractivity contribution >= 4 is 35.1 Å². The number of rotatable bonds is 7. The van der Waals surface area contributed by atoms with Crippen molar-refractivity contribution in [3.05, 3.63) is 26.7 Å². The van der Waals surface area contributed by atoms with Crippen molar-refractivity contribution < 1.29 is 0 Å². The molecule has 2 heterocycles. The molecule has 0 aliphatic heterocycles. The third kappa shape index (κ3) is 3.21. The fraction of sp³-hybridized carbons (Fsp3) is 0.615. The molecule has 21 heavy (non-hydrogen) atoms. The zero-order valence-corrected chi connectivity index (χ0v) is 14.1. The first kappa shape index (κ1) is 16.2. The van der Waals surface area contributed by atoms with Gasteiger partial charge in [0.25, 0.3) is 5.56 Å². The van der Waals surface area contributed by atoms with Gasteiger partial charge in [-0.3, -0.25) is 4.79 Å². The topological polar surface area (TPSA) is 72.7 Å². The highest BCUT2D eigenvalue weighted by Gasteiger charge is 2.17. The molecule has 2 aromatic heterocycles. The number of nitrogens with one attached hydrogen (secondary N) is 1. The highest BCUT2D eigenvalue weighted by Crippen LogP contribution is 2.14. The van der Waals surface area contributed by atoms with Gasteiger partial charge in [-0.25, -0.2) is 13.8 Å². The smallest absolute Gasteiger partial charge is 0.336 e. The lowest BCUT2D eigenvalue weighted by molar-refractivity contribution is 0.956. The Labute approximate surface area is 131 Å². The molecular weight excluding hydrogens is 308 g/mol. The molecule has 2 rings (SSSR count). The molecule has 0 amide bonds. The van der Waals surface area contributed by atoms with E-state index in [2.05, 4.69) is 16.9 Å². The Kier molecular flexibility index (Phi) is 5.58. The lowest BCUT2D eigenvalue weighted by Gasteiger charge is -2.08. The van der Waals surface area contributed by atoms with Crippen LogP contribution in [0.15, 0.2) is 9.59 Å². The molecule has 0 saturated heterocycles. The van der Waals surface area contributed by atoms with Crippen LogP contribution in [0.2, 0.25) is 0 Å². The van der Waals surface area contributed by atoms with Gasteiger partial charge in [-0.2, -0.15) is 3.97 Å². The highest BCUT2D eigenvalue weighted by molar-refractivity contribution is 7.98. The molecule has 0 saturated carbocycles. The third-order valence-electron chi connectivity index (χ3n) is 2.86. The van der Waals surface area contributed by atoms with Gasteiger partial charge in [0.15, 0.2) is 11.2 Å². The number of nitrogens with zero attached hydrogens (tertiary/aromatic N) is 3. The quantitative estimate of drug-likeness (QED) is 0.844. The fourth-order valence-corrected chi connectivity index (χ4v) is 3.46. The van der Waals surface area contributed by atoms with Gasteiger partial charge < -0.3 is 4.98 Å². The number of H-pyrrole nitrogens is 1. The summed E-state index contributed by atoms with van der Waals surface area (Å²) in [5.41, 5.74) is 0.264. The normalized spacial score (nSPS) is 11.4. The SMILES string of the molecule is CCCSn1c(=O)c2[nH]c(CC)nc2n(SCCC)c1=O. The fourth-order valence-electron chi connectivity index (χ4n) is 1.83. The standard InChI is InChI=1S/C13H20N4O2S2/c1-4-7-20-16-11-10(14-9(6-3)15-11)12(18)17(13(16)19)21-8-5-2/h4-8H2,1-3H3,(H,14,15). The van der Waals surface area contributed by atoms with Crippen LogP contribution in [0, 0.1) is 0 Å². The van der Waals surface area contributed by atoms with Crippen molar-refractivity contribution in [3.63, 3.8) is 0 Å². The third-order valence-corrected chi connectivity index (χ3v) is 5.21. The van der Waals surface area contributed by atoms with E-state index in [1.54, 1.807) is 3.97 Å². The Balaban J connectivity index is 2.68. The molecule has 0 aromatic carbocycles. The maximum atomic E-state index is 12.5. The summed E-state index contributed by atoms with van der Waals surface area (Å²) in [6.45, 7) is 6.04. The second-order valence-corrected chi connectivity index (χ2v) is 6.64. The van der Waals surface area contributed by atoms with Gasteiger partial charge in [-0.15, -0.1) is 0 Å². The number of fused-ring (bicyclic) bond motifs is 1. The lowest BCUT2D eigenvalue weighted by Crippen LogP contribution is -2.35. The van der Waals surface area contributed by atoms with Gasteiger partial charge in [-0.1, -0.05) is 20.8 Å². The Morgan fingerprint density at radius 1 is 1.05 bits per heavy atom. The van der Waals surface area contributed by atoms with Crippen molar-refractivity contribution in [2.24, 2.45) is 0 Å². The Morgan fingerprint density at radius 3 is 2.24 bits per heavy atom. The largest absolute Gasteiger partial charge is 0.353 e. The average molecular weight is 328 g/mol. The summed E-state index contributed by atoms with van der Waals surface area (Å²) >= 11 is 2.67. The molecule has 0 aliphatic carbocycles. The minimum Gasteiger partial charge on any atom is -0.336 e. The van der Waals surface area contributed by atoms with Crippen LogP contribution in [0.4, 0.5) is 0 Å². The molecule has 0 unspecified atom stereocenters. The molecule has 8 heteroatoms. The van der Waals surface area contributed by atoms with Crippen LogP contribution in [0.3, 0.4) is 0 Å². The number of aromatic nitrogens is 4. The maximum absolute atomic E-state index is 12.5. The first-order valence-corrected chi connectivity index (χ1v) is 9.05. The van der Waals surface area contributed by atoms with Crippen LogP contribution in [0.1, 0.15) is 39.4 Å². The molecule has 0 radical (unpaired) electrons. The molecule has 1 N–H and O–H groups in total. The van der Waals surface area contributed by atoms with Crippen molar-refractivity contribution in [2.75, 3.05) is 11.5 Å². The lowest BCUT2D eigenvalue weighted by atomic mass is 10.5. The summed E-state index contributed by atoms with van der Waals surface area (Å²) in [6.07, 6.45) is 2.55. The van der Waals surface area contributed by atoms with Crippen molar-refractivity contribution in [1.82, 2.24) is 17.9 Å². The molecule has 0 aliphatic rings. The molecule has 0 spiro atoms. The van der Waals surface area contributed by atoms with Gasteiger partial charge in [0.2, 0.25) is 0 Å². The van der Waals surface area contributed by atoms with E-state index >= 15 is 0 Å². The van der Waals surface area contributed by atoms with E-state index in [0.29, 0.717) is 17.6 Å². The van der Waals surface area contributed by atoms with Crippen molar-refractivity contribution in [1.29, 1.82) is 0 Å². The summed E-state index contributed by atoms with van der Waals surface area (Å²) < 4.78 is 2.78. The van der Waals surface area contributed by atoms with E-state index in [4.69, 9.17) is 0 Å². The van der Waals surface area contributed by atoms with Crippen LogP contribution in [-0.4, -0.2) is 29.4 Å². The van der Waals surface area contributed by atoms with Gasteiger partial charge >= 0.3 is 5.69 Å². The Bertz CT molecular complexity index is 732. The molecular formula is C13H20N4O2S2. The highest BCUT2D eigenvalue weighted by atomic mass is 32.2. The average Bonchev–Trinajstić information content (AvgIpc) is 2.91. The Hall–Kier alpha value is -1.15. The molecule has 0 fully saturated rings. The van der Waals surface area contributed by atoms with Gasteiger partial charge in [-0.05, 0) is 36.7 Å². The van der Waals surface area contributed by atoms with E-state index < -0.39 is 0 Å². The minimum atomic E-state index is -0.307. The molecule has 116 valence electrons. The predicted molar refractivity (Wildman–Crippen MR) is 90.3 cm³/mol. The number of aromatic amines is 1. The monoisotopic (exact) mass is 328 g/mol. The van der Waals surface area contributed by atoms with Crippen LogP contribution < -0.4 is 11.2 Å². The van der Waals surface area contributed by atoms with Crippen LogP contribution in [0.5, 0.6) is 0 Å². The van der Waals surface area contributed by atoms with Crippen LogP contribution in [0.25, 0.3) is 11.2 Å². The Morgan fingerprint density at radius 2 is 1.67 bits per heavy atom. The molecule has 0 bridgehead atoms. The summed E-state index contributed by atoms with van der Waals surface area (Å²) in [5.74, 6) is 2.26. The molecule has 0 atom stereocenters. The first-order valence-electron chi connectivity index (χ1n) is 7.17. The van der Waals surface area contributed by atoms with Crippen LogP contribution >= 0.6 is 23.9 Å². The predicted octanol–water partition coefficient (Wildman–Crippen LogP) is 2.26. The zero-order valence-electron chi connectivity index (χ0n) is 12.5. The molecule has 2 aromatic rings. The van der Waals surface area contributed by atoms with Crippen molar-refractivity contribution in [2.45, 2.75) is 40.0 Å². The van der Waals surface area contributed by atoms with E-state index in [1.807, 2.05) is 13.8 Å². The second-order valence-electron chi connectivity index (χ2n) is 4.58. The number of hydrogen-bond acceptors (Lipinski definition) is 5. The summed E-state index contributed by atoms with van der Waals surface area (Å²) in [6, 6.07) is 0. The van der Waals surface area contributed by atoms with Gasteiger partial charge in [0.05, 0.1) is 0 Å². The summed E-state index contributed by atoms with van der Waals surface area (Å²) in [4.78, 5) is 32.4. The van der Waals surface area contributed by atoms with Gasteiger partial charge in [0.1, 0.15) is 5.82 Å². The number of aryl methyl sites for hydroxylation is 1. The zero-order chi connectivity index (χ0) is 15.4. The second kappa shape index (κ2) is 7.22. The molecule has 6 nitrogen and oxygen atoms in total. The minimum absolute atomic E-state index is 0.297. The maximum Gasteiger partial charge on any atom is 0.353 e. The first-order chi connectivity index (χ1) is 10.1. The van der Waals surface area contributed by atoms with Gasteiger partial charge in [0, 0.05) is 17.9 Å². The number of imidazole rings is 1. The van der Waals surface area contributed by atoms with Crippen molar-refractivity contribution in [3.8, 4) is 0 Å². The van der Waals surface area contributed by atoms with E-state index in [-0.39, 0.29) is 11.2 Å². The number of hydrogen-bond donors (Lipinski definition) is 1. The van der Waals surface area contributed by atoms with E-state index in [9.17, 15) is 9.59 Å². The summed E-state index contributed by atoms with van der Waals surface area (Å²) in [7, 11) is 0. The van der Waals surface area contributed by atoms with E-state index in [1.165, 1.54) is 27.9 Å². The summed E-state index contributed by atoms with van der Waals surface area (Å²) in [5, 5.41) is 0.